The number of methoxy groups -OCH3 is 1. The van der Waals surface area contributed by atoms with Crippen LogP contribution in [0.2, 0.25) is 0 Å². The monoisotopic (exact) mass is 304 g/mol. The quantitative estimate of drug-likeness (QED) is 0.676. The van der Waals surface area contributed by atoms with Gasteiger partial charge in [0.2, 0.25) is 15.0 Å². The molecule has 1 aromatic carbocycles. The minimum absolute atomic E-state index is 0.225. The van der Waals surface area contributed by atoms with Crippen LogP contribution < -0.4 is 4.74 Å². The Bertz CT molecular complexity index is 918. The Hall–Kier alpha value is -2.48. The van der Waals surface area contributed by atoms with Gasteiger partial charge < -0.3 is 4.74 Å². The predicted molar refractivity (Wildman–Crippen MR) is 76.3 cm³/mol. The Labute approximate surface area is 121 Å². The molecule has 3 rings (SSSR count). The van der Waals surface area contributed by atoms with Gasteiger partial charge >= 0.3 is 0 Å². The molecule has 0 saturated carbocycles. The summed E-state index contributed by atoms with van der Waals surface area (Å²) in [6, 6.07) is 7.09. The molecular formula is C13H12N4O3S. The van der Waals surface area contributed by atoms with Gasteiger partial charge in [0.15, 0.2) is 5.82 Å². The van der Waals surface area contributed by atoms with Gasteiger partial charge in [-0.2, -0.15) is 10.1 Å². The van der Waals surface area contributed by atoms with Crippen LogP contribution in [0.1, 0.15) is 0 Å². The fourth-order valence-corrected chi connectivity index (χ4v) is 2.46. The van der Waals surface area contributed by atoms with Crippen molar-refractivity contribution in [3.8, 4) is 11.6 Å². The molecule has 0 saturated heterocycles. The summed E-state index contributed by atoms with van der Waals surface area (Å²) in [6.45, 7) is 0. The molecule has 0 bridgehead atoms. The van der Waals surface area contributed by atoms with Crippen LogP contribution in [-0.2, 0) is 9.84 Å². The zero-order valence-corrected chi connectivity index (χ0v) is 12.2. The van der Waals surface area contributed by atoms with Crippen LogP contribution in [0.15, 0.2) is 41.8 Å². The maximum absolute atomic E-state index is 11.5. The van der Waals surface area contributed by atoms with Crippen molar-refractivity contribution in [2.45, 2.75) is 5.16 Å². The van der Waals surface area contributed by atoms with E-state index in [1.807, 2.05) is 12.1 Å². The topological polar surface area (TPSA) is 87.0 Å². The van der Waals surface area contributed by atoms with Crippen LogP contribution in [0.5, 0.6) is 5.75 Å². The SMILES string of the molecule is COc1ccc2c(cnn2-c2ccnc(S(C)(=O)=O)n2)c1. The van der Waals surface area contributed by atoms with Crippen LogP contribution >= 0.6 is 0 Å². The lowest BCUT2D eigenvalue weighted by Crippen LogP contribution is -2.08. The fourth-order valence-electron chi connectivity index (χ4n) is 1.95. The lowest BCUT2D eigenvalue weighted by Gasteiger charge is -2.04. The standard InChI is InChI=1S/C13H12N4O3S/c1-20-10-3-4-11-9(7-10)8-15-17(11)12-5-6-14-13(16-12)21(2,18)19/h3-8H,1-2H3. The van der Waals surface area contributed by atoms with Gasteiger partial charge in [-0.05, 0) is 18.2 Å². The summed E-state index contributed by atoms with van der Waals surface area (Å²) in [4.78, 5) is 7.82. The van der Waals surface area contributed by atoms with Crippen LogP contribution in [0.4, 0.5) is 0 Å². The average Bonchev–Trinajstić information content (AvgIpc) is 2.89. The maximum atomic E-state index is 11.5. The molecule has 0 N–H and O–H groups in total. The van der Waals surface area contributed by atoms with Gasteiger partial charge in [0.1, 0.15) is 5.75 Å². The summed E-state index contributed by atoms with van der Waals surface area (Å²) < 4.78 is 29.8. The molecule has 3 aromatic rings. The molecule has 0 aliphatic rings. The van der Waals surface area contributed by atoms with Crippen LogP contribution in [0, 0.1) is 0 Å². The molecule has 2 heterocycles. The second-order valence-electron chi connectivity index (χ2n) is 4.45. The second kappa shape index (κ2) is 4.81. The van der Waals surface area contributed by atoms with Gasteiger partial charge in [-0.3, -0.25) is 0 Å². The van der Waals surface area contributed by atoms with E-state index in [-0.39, 0.29) is 5.16 Å². The zero-order chi connectivity index (χ0) is 15.0. The number of benzene rings is 1. The van der Waals surface area contributed by atoms with E-state index in [0.717, 1.165) is 22.9 Å². The smallest absolute Gasteiger partial charge is 0.248 e. The molecule has 7 nitrogen and oxygen atoms in total. The van der Waals surface area contributed by atoms with Crippen LogP contribution in [0.25, 0.3) is 16.7 Å². The molecule has 0 atom stereocenters. The van der Waals surface area contributed by atoms with Crippen molar-refractivity contribution in [1.82, 2.24) is 19.7 Å². The molecule has 0 amide bonds. The third kappa shape index (κ3) is 2.45. The summed E-state index contributed by atoms with van der Waals surface area (Å²) in [6.07, 6.45) is 4.13. The Kier molecular flexibility index (Phi) is 3.09. The molecule has 0 unspecified atom stereocenters. The highest BCUT2D eigenvalue weighted by Crippen LogP contribution is 2.22. The van der Waals surface area contributed by atoms with E-state index in [4.69, 9.17) is 4.74 Å². The number of hydrogen-bond acceptors (Lipinski definition) is 6. The minimum atomic E-state index is -3.46. The van der Waals surface area contributed by atoms with E-state index >= 15 is 0 Å². The van der Waals surface area contributed by atoms with Crippen molar-refractivity contribution >= 4 is 20.7 Å². The van der Waals surface area contributed by atoms with Crippen molar-refractivity contribution in [3.05, 3.63) is 36.7 Å². The first-order chi connectivity index (χ1) is 9.99. The molecule has 0 aliphatic carbocycles. The largest absolute Gasteiger partial charge is 0.497 e. The van der Waals surface area contributed by atoms with Crippen molar-refractivity contribution in [1.29, 1.82) is 0 Å². The van der Waals surface area contributed by atoms with Crippen molar-refractivity contribution < 1.29 is 13.2 Å². The van der Waals surface area contributed by atoms with E-state index < -0.39 is 9.84 Å². The Morgan fingerprint density at radius 1 is 1.24 bits per heavy atom. The summed E-state index contributed by atoms with van der Waals surface area (Å²) in [7, 11) is -1.87. The third-order valence-corrected chi connectivity index (χ3v) is 3.80. The highest BCUT2D eigenvalue weighted by Gasteiger charge is 2.13. The van der Waals surface area contributed by atoms with E-state index in [1.54, 1.807) is 30.1 Å². The Morgan fingerprint density at radius 2 is 2.05 bits per heavy atom. The van der Waals surface area contributed by atoms with E-state index in [2.05, 4.69) is 15.1 Å². The second-order valence-corrected chi connectivity index (χ2v) is 6.36. The lowest BCUT2D eigenvalue weighted by molar-refractivity contribution is 0.415. The van der Waals surface area contributed by atoms with E-state index in [0.29, 0.717) is 5.82 Å². The number of aromatic nitrogens is 4. The number of hydrogen-bond donors (Lipinski definition) is 0. The summed E-state index contributed by atoms with van der Waals surface area (Å²) in [5.41, 5.74) is 0.800. The Balaban J connectivity index is 2.17. The van der Waals surface area contributed by atoms with Crippen molar-refractivity contribution in [3.63, 3.8) is 0 Å². The van der Waals surface area contributed by atoms with E-state index in [9.17, 15) is 8.42 Å². The first kappa shape index (κ1) is 13.5. The van der Waals surface area contributed by atoms with Gasteiger partial charge in [-0.15, -0.1) is 0 Å². The predicted octanol–water partition coefficient (Wildman–Crippen LogP) is 1.23. The van der Waals surface area contributed by atoms with Crippen LogP contribution in [-0.4, -0.2) is 41.5 Å². The molecule has 108 valence electrons. The average molecular weight is 304 g/mol. The normalized spacial score (nSPS) is 11.7. The van der Waals surface area contributed by atoms with Gasteiger partial charge in [0.25, 0.3) is 0 Å². The molecule has 2 aromatic heterocycles. The number of nitrogens with zero attached hydrogens (tertiary/aromatic N) is 4. The molecule has 21 heavy (non-hydrogen) atoms. The fraction of sp³-hybridized carbons (Fsp3) is 0.154. The van der Waals surface area contributed by atoms with Crippen LogP contribution in [0.3, 0.4) is 0 Å². The number of rotatable bonds is 3. The highest BCUT2D eigenvalue weighted by atomic mass is 32.2. The number of sulfone groups is 1. The minimum Gasteiger partial charge on any atom is -0.497 e. The number of fused-ring (bicyclic) bond motifs is 1. The van der Waals surface area contributed by atoms with Gasteiger partial charge in [0, 0.05) is 23.9 Å². The van der Waals surface area contributed by atoms with Gasteiger partial charge in [0.05, 0.1) is 18.8 Å². The molecule has 0 fully saturated rings. The first-order valence-corrected chi connectivity index (χ1v) is 7.93. The highest BCUT2D eigenvalue weighted by molar-refractivity contribution is 7.90. The summed E-state index contributed by atoms with van der Waals surface area (Å²) >= 11 is 0. The zero-order valence-electron chi connectivity index (χ0n) is 11.4. The number of ether oxygens (including phenoxy) is 1. The van der Waals surface area contributed by atoms with E-state index in [1.165, 1.54) is 6.20 Å². The lowest BCUT2D eigenvalue weighted by atomic mass is 10.2. The molecule has 0 radical (unpaired) electrons. The van der Waals surface area contributed by atoms with Crippen molar-refractivity contribution in [2.75, 3.05) is 13.4 Å². The van der Waals surface area contributed by atoms with Crippen molar-refractivity contribution in [2.24, 2.45) is 0 Å². The maximum Gasteiger partial charge on any atom is 0.248 e. The molecule has 8 heteroatoms. The summed E-state index contributed by atoms with van der Waals surface area (Å²) in [5.74, 6) is 1.12. The molecular weight excluding hydrogens is 292 g/mol. The molecule has 0 spiro atoms. The van der Waals surface area contributed by atoms with Gasteiger partial charge in [-0.25, -0.2) is 18.1 Å². The Morgan fingerprint density at radius 3 is 2.76 bits per heavy atom. The third-order valence-electron chi connectivity index (χ3n) is 2.94. The molecule has 0 aliphatic heterocycles. The summed E-state index contributed by atoms with van der Waals surface area (Å²) in [5, 5.41) is 4.88. The first-order valence-electron chi connectivity index (χ1n) is 6.04. The van der Waals surface area contributed by atoms with Gasteiger partial charge in [-0.1, -0.05) is 0 Å².